The molecule has 2 bridgehead atoms. The van der Waals surface area contributed by atoms with Gasteiger partial charge in [0.2, 0.25) is 5.91 Å². The first kappa shape index (κ1) is 15.2. The summed E-state index contributed by atoms with van der Waals surface area (Å²) in [6.45, 7) is 0. The maximum atomic E-state index is 12.5. The molecule has 0 aromatic heterocycles. The number of fused-ring (bicyclic) bond motifs is 2. The van der Waals surface area contributed by atoms with Gasteiger partial charge >= 0.3 is 0 Å². The first-order chi connectivity index (χ1) is 11.3. The number of rotatable bonds is 6. The Labute approximate surface area is 139 Å². The molecule has 4 rings (SSSR count). The lowest BCUT2D eigenvalue weighted by molar-refractivity contribution is -0.123. The van der Waals surface area contributed by atoms with Crippen molar-refractivity contribution in [1.29, 1.82) is 0 Å². The van der Waals surface area contributed by atoms with Crippen molar-refractivity contribution in [3.8, 4) is 0 Å². The summed E-state index contributed by atoms with van der Waals surface area (Å²) in [6, 6.07) is 12.3. The number of benzene rings is 1. The Morgan fingerprint density at radius 3 is 2.43 bits per heavy atom. The van der Waals surface area contributed by atoms with Crippen LogP contribution in [0, 0.1) is 11.8 Å². The normalized spacial score (nSPS) is 30.9. The predicted octanol–water partition coefficient (Wildman–Crippen LogP) is 3.04. The fourth-order valence-electron chi connectivity index (χ4n) is 4.57. The van der Waals surface area contributed by atoms with Crippen LogP contribution in [-0.4, -0.2) is 24.0 Å². The summed E-state index contributed by atoms with van der Waals surface area (Å²) in [4.78, 5) is 12.5. The van der Waals surface area contributed by atoms with Gasteiger partial charge < -0.3 is 10.6 Å². The minimum atomic E-state index is 0.282. The summed E-state index contributed by atoms with van der Waals surface area (Å²) in [5.41, 5.74) is 1.34. The molecule has 3 unspecified atom stereocenters. The molecule has 2 N–H and O–H groups in total. The maximum Gasteiger partial charge on any atom is 0.220 e. The molecule has 3 fully saturated rings. The smallest absolute Gasteiger partial charge is 0.220 e. The van der Waals surface area contributed by atoms with Crippen LogP contribution in [-0.2, 0) is 11.2 Å². The van der Waals surface area contributed by atoms with Gasteiger partial charge in [-0.25, -0.2) is 0 Å². The summed E-state index contributed by atoms with van der Waals surface area (Å²) in [7, 11) is 0. The van der Waals surface area contributed by atoms with Gasteiger partial charge in [0.25, 0.3) is 0 Å². The van der Waals surface area contributed by atoms with E-state index in [4.69, 9.17) is 0 Å². The van der Waals surface area contributed by atoms with Gasteiger partial charge in [0.15, 0.2) is 0 Å². The summed E-state index contributed by atoms with van der Waals surface area (Å²) in [5, 5.41) is 7.03. The first-order valence-corrected chi connectivity index (χ1v) is 9.35. The number of amides is 1. The predicted molar refractivity (Wildman–Crippen MR) is 92.1 cm³/mol. The second kappa shape index (κ2) is 6.64. The summed E-state index contributed by atoms with van der Waals surface area (Å²) >= 11 is 0. The van der Waals surface area contributed by atoms with E-state index in [1.165, 1.54) is 44.1 Å². The molecule has 1 aromatic rings. The summed E-state index contributed by atoms with van der Waals surface area (Å²) in [5.74, 6) is 1.57. The zero-order valence-electron chi connectivity index (χ0n) is 13.8. The fraction of sp³-hybridized carbons (Fsp3) is 0.650. The highest BCUT2D eigenvalue weighted by Crippen LogP contribution is 2.35. The van der Waals surface area contributed by atoms with Gasteiger partial charge in [-0.05, 0) is 62.3 Å². The van der Waals surface area contributed by atoms with Crippen LogP contribution in [0.4, 0.5) is 0 Å². The third kappa shape index (κ3) is 3.95. The average molecular weight is 312 g/mol. The molecule has 2 saturated heterocycles. The SMILES string of the molecule is O=C(CC1CC2CCC(C1)N2)NC(Cc1ccccc1)C1CC1. The maximum absolute atomic E-state index is 12.5. The molecule has 1 aliphatic carbocycles. The van der Waals surface area contributed by atoms with Crippen molar-refractivity contribution < 1.29 is 4.79 Å². The van der Waals surface area contributed by atoms with Crippen LogP contribution in [0.3, 0.4) is 0 Å². The van der Waals surface area contributed by atoms with Crippen LogP contribution < -0.4 is 10.6 Å². The molecule has 124 valence electrons. The zero-order chi connectivity index (χ0) is 15.6. The molecule has 3 atom stereocenters. The van der Waals surface area contributed by atoms with E-state index >= 15 is 0 Å². The van der Waals surface area contributed by atoms with Crippen molar-refractivity contribution in [1.82, 2.24) is 10.6 Å². The van der Waals surface area contributed by atoms with E-state index in [0.29, 0.717) is 30.0 Å². The van der Waals surface area contributed by atoms with E-state index in [2.05, 4.69) is 41.0 Å². The Bertz CT molecular complexity index is 528. The number of hydrogen-bond donors (Lipinski definition) is 2. The highest BCUT2D eigenvalue weighted by atomic mass is 16.1. The minimum Gasteiger partial charge on any atom is -0.353 e. The van der Waals surface area contributed by atoms with Crippen LogP contribution in [0.25, 0.3) is 0 Å². The van der Waals surface area contributed by atoms with Crippen molar-refractivity contribution in [2.45, 2.75) is 69.5 Å². The molecule has 2 aliphatic heterocycles. The average Bonchev–Trinajstić information content (AvgIpc) is 3.33. The van der Waals surface area contributed by atoms with E-state index < -0.39 is 0 Å². The van der Waals surface area contributed by atoms with Crippen LogP contribution in [0.15, 0.2) is 30.3 Å². The third-order valence-electron chi connectivity index (χ3n) is 5.88. The minimum absolute atomic E-state index is 0.282. The Kier molecular flexibility index (Phi) is 4.39. The number of carbonyl (C=O) groups is 1. The molecule has 3 nitrogen and oxygen atoms in total. The number of hydrogen-bond acceptors (Lipinski definition) is 2. The highest BCUT2D eigenvalue weighted by Gasteiger charge is 2.36. The van der Waals surface area contributed by atoms with Gasteiger partial charge in [-0.2, -0.15) is 0 Å². The van der Waals surface area contributed by atoms with Gasteiger partial charge in [-0.15, -0.1) is 0 Å². The second-order valence-corrected chi connectivity index (χ2v) is 7.88. The lowest BCUT2D eigenvalue weighted by Gasteiger charge is -2.29. The molecular formula is C20H28N2O. The van der Waals surface area contributed by atoms with Crippen molar-refractivity contribution in [3.63, 3.8) is 0 Å². The van der Waals surface area contributed by atoms with E-state index in [1.54, 1.807) is 0 Å². The molecule has 0 radical (unpaired) electrons. The largest absolute Gasteiger partial charge is 0.353 e. The Balaban J connectivity index is 1.31. The van der Waals surface area contributed by atoms with Gasteiger partial charge in [0, 0.05) is 24.5 Å². The number of nitrogens with one attached hydrogen (secondary N) is 2. The molecule has 3 heteroatoms. The molecular weight excluding hydrogens is 284 g/mol. The number of carbonyl (C=O) groups excluding carboxylic acids is 1. The Morgan fingerprint density at radius 1 is 1.09 bits per heavy atom. The van der Waals surface area contributed by atoms with Crippen molar-refractivity contribution in [3.05, 3.63) is 35.9 Å². The van der Waals surface area contributed by atoms with E-state index in [-0.39, 0.29) is 5.91 Å². The quantitative estimate of drug-likeness (QED) is 0.848. The molecule has 2 heterocycles. The highest BCUT2D eigenvalue weighted by molar-refractivity contribution is 5.76. The molecule has 1 aromatic carbocycles. The summed E-state index contributed by atoms with van der Waals surface area (Å²) in [6.07, 6.45) is 9.25. The van der Waals surface area contributed by atoms with Gasteiger partial charge in [-0.3, -0.25) is 4.79 Å². The van der Waals surface area contributed by atoms with Crippen LogP contribution in [0.1, 0.15) is 50.5 Å². The van der Waals surface area contributed by atoms with Crippen LogP contribution in [0.5, 0.6) is 0 Å². The lowest BCUT2D eigenvalue weighted by atomic mass is 9.89. The van der Waals surface area contributed by atoms with E-state index in [9.17, 15) is 4.79 Å². The van der Waals surface area contributed by atoms with Crippen LogP contribution in [0.2, 0.25) is 0 Å². The molecule has 3 aliphatic rings. The summed E-state index contributed by atoms with van der Waals surface area (Å²) < 4.78 is 0. The molecule has 1 amide bonds. The third-order valence-corrected chi connectivity index (χ3v) is 5.88. The molecule has 0 spiro atoms. The molecule has 23 heavy (non-hydrogen) atoms. The Morgan fingerprint density at radius 2 is 1.78 bits per heavy atom. The van der Waals surface area contributed by atoms with E-state index in [0.717, 1.165) is 12.8 Å². The standard InChI is InChI=1S/C20H28N2O/c23-20(13-15-10-17-8-9-18(11-15)21-17)22-19(16-6-7-16)12-14-4-2-1-3-5-14/h1-5,15-19,21H,6-13H2,(H,22,23). The van der Waals surface area contributed by atoms with Crippen molar-refractivity contribution in [2.75, 3.05) is 0 Å². The Hall–Kier alpha value is -1.35. The van der Waals surface area contributed by atoms with Gasteiger partial charge in [0.1, 0.15) is 0 Å². The van der Waals surface area contributed by atoms with Crippen molar-refractivity contribution >= 4 is 5.91 Å². The fourth-order valence-corrected chi connectivity index (χ4v) is 4.57. The van der Waals surface area contributed by atoms with Gasteiger partial charge in [-0.1, -0.05) is 30.3 Å². The number of piperidine rings is 1. The second-order valence-electron chi connectivity index (χ2n) is 7.88. The van der Waals surface area contributed by atoms with Crippen molar-refractivity contribution in [2.24, 2.45) is 11.8 Å². The topological polar surface area (TPSA) is 41.1 Å². The zero-order valence-corrected chi connectivity index (χ0v) is 13.8. The van der Waals surface area contributed by atoms with Crippen LogP contribution >= 0.6 is 0 Å². The lowest BCUT2D eigenvalue weighted by Crippen LogP contribution is -2.42. The van der Waals surface area contributed by atoms with E-state index in [1.807, 2.05) is 0 Å². The van der Waals surface area contributed by atoms with Gasteiger partial charge in [0.05, 0.1) is 0 Å². The first-order valence-electron chi connectivity index (χ1n) is 9.35. The monoisotopic (exact) mass is 312 g/mol. The molecule has 1 saturated carbocycles.